The molecule has 4 nitrogen and oxygen atoms in total. The lowest BCUT2D eigenvalue weighted by Gasteiger charge is -2.14. The predicted molar refractivity (Wildman–Crippen MR) is 168 cm³/mol. The van der Waals surface area contributed by atoms with Crippen LogP contribution in [0.5, 0.6) is 0 Å². The number of hydrogen-bond donors (Lipinski definition) is 0. The zero-order valence-electron chi connectivity index (χ0n) is 21.9. The lowest BCUT2D eigenvalue weighted by Crippen LogP contribution is -1.93. The van der Waals surface area contributed by atoms with Gasteiger partial charge in [0.25, 0.3) is 0 Å². The number of furan rings is 1. The molecule has 0 saturated carbocycles. The first-order chi connectivity index (χ1) is 20.3. The van der Waals surface area contributed by atoms with Crippen molar-refractivity contribution in [2.45, 2.75) is 0 Å². The second-order valence-electron chi connectivity index (χ2n) is 10.4. The van der Waals surface area contributed by atoms with Gasteiger partial charge in [-0.1, -0.05) is 91.0 Å². The Labute approximate surface area is 234 Å². The van der Waals surface area contributed by atoms with Gasteiger partial charge >= 0.3 is 0 Å². The molecule has 0 saturated heterocycles. The fourth-order valence-corrected chi connectivity index (χ4v) is 6.21. The van der Waals surface area contributed by atoms with E-state index in [2.05, 4.69) is 96.0 Å². The Balaban J connectivity index is 1.49. The molecule has 0 fully saturated rings. The van der Waals surface area contributed by atoms with Crippen molar-refractivity contribution in [3.05, 3.63) is 128 Å². The van der Waals surface area contributed by atoms with Crippen LogP contribution in [0.25, 0.3) is 87.9 Å². The van der Waals surface area contributed by atoms with E-state index in [-0.39, 0.29) is 0 Å². The second-order valence-corrected chi connectivity index (χ2v) is 10.4. The summed E-state index contributed by atoms with van der Waals surface area (Å²) in [6.45, 7) is 0. The fourth-order valence-electron chi connectivity index (χ4n) is 6.21. The minimum absolute atomic E-state index is 0.828. The van der Waals surface area contributed by atoms with Gasteiger partial charge in [0.15, 0.2) is 0 Å². The number of fused-ring (bicyclic) bond motifs is 10. The van der Waals surface area contributed by atoms with Crippen molar-refractivity contribution in [2.75, 3.05) is 0 Å². The molecule has 0 bridgehead atoms. The number of aromatic nitrogens is 3. The first-order valence-electron chi connectivity index (χ1n) is 13.7. The molecule has 0 radical (unpaired) electrons. The van der Waals surface area contributed by atoms with Gasteiger partial charge in [-0.25, -0.2) is 9.97 Å². The van der Waals surface area contributed by atoms with E-state index in [4.69, 9.17) is 14.4 Å². The molecular formula is C37H21N3O. The maximum Gasteiger partial charge on any atom is 0.145 e. The summed E-state index contributed by atoms with van der Waals surface area (Å²) < 4.78 is 6.66. The van der Waals surface area contributed by atoms with Crippen LogP contribution in [-0.4, -0.2) is 15.0 Å². The third kappa shape index (κ3) is 3.25. The summed E-state index contributed by atoms with van der Waals surface area (Å²) in [7, 11) is 0. The molecule has 4 heterocycles. The highest BCUT2D eigenvalue weighted by atomic mass is 16.3. The minimum atomic E-state index is 0.828. The van der Waals surface area contributed by atoms with E-state index in [1.807, 2.05) is 36.5 Å². The van der Waals surface area contributed by atoms with Gasteiger partial charge in [-0.2, -0.15) is 0 Å². The monoisotopic (exact) mass is 523 g/mol. The topological polar surface area (TPSA) is 51.8 Å². The number of nitrogens with zero attached hydrogens (tertiary/aromatic N) is 3. The molecule has 9 rings (SSSR count). The van der Waals surface area contributed by atoms with Gasteiger partial charge in [-0.05, 0) is 30.3 Å². The Morgan fingerprint density at radius 3 is 2.20 bits per heavy atom. The minimum Gasteiger partial charge on any atom is -0.455 e. The summed E-state index contributed by atoms with van der Waals surface area (Å²) in [4.78, 5) is 15.1. The Hall–Kier alpha value is -5.61. The Morgan fingerprint density at radius 2 is 1.29 bits per heavy atom. The molecular weight excluding hydrogens is 502 g/mol. The molecule has 5 aromatic carbocycles. The van der Waals surface area contributed by atoms with E-state index >= 15 is 0 Å². The number of para-hydroxylation sites is 2. The highest BCUT2D eigenvalue weighted by Crippen LogP contribution is 2.45. The summed E-state index contributed by atoms with van der Waals surface area (Å²) in [5, 5.41) is 7.61. The van der Waals surface area contributed by atoms with Gasteiger partial charge in [0, 0.05) is 55.0 Å². The summed E-state index contributed by atoms with van der Waals surface area (Å²) in [6, 6.07) is 41.7. The molecule has 0 aliphatic rings. The van der Waals surface area contributed by atoms with Crippen molar-refractivity contribution in [3.63, 3.8) is 0 Å². The highest BCUT2D eigenvalue weighted by molar-refractivity contribution is 6.30. The maximum atomic E-state index is 6.66. The molecule has 0 spiro atoms. The predicted octanol–water partition coefficient (Wildman–Crippen LogP) is 9.72. The summed E-state index contributed by atoms with van der Waals surface area (Å²) in [5.74, 6) is 0. The molecule has 0 amide bonds. The van der Waals surface area contributed by atoms with Crippen LogP contribution in [0.3, 0.4) is 0 Å². The van der Waals surface area contributed by atoms with Crippen molar-refractivity contribution < 1.29 is 4.42 Å². The van der Waals surface area contributed by atoms with Gasteiger partial charge in [0.05, 0.1) is 27.9 Å². The van der Waals surface area contributed by atoms with E-state index in [9.17, 15) is 0 Å². The van der Waals surface area contributed by atoms with E-state index in [0.29, 0.717) is 0 Å². The Bertz CT molecular complexity index is 2480. The quantitative estimate of drug-likeness (QED) is 0.212. The van der Waals surface area contributed by atoms with Gasteiger partial charge in [-0.15, -0.1) is 0 Å². The van der Waals surface area contributed by atoms with Gasteiger partial charge in [-0.3, -0.25) is 4.98 Å². The smallest absolute Gasteiger partial charge is 0.145 e. The third-order valence-corrected chi connectivity index (χ3v) is 8.06. The summed E-state index contributed by atoms with van der Waals surface area (Å²) >= 11 is 0. The summed E-state index contributed by atoms with van der Waals surface area (Å²) in [6.07, 6.45) is 1.83. The molecule has 190 valence electrons. The zero-order valence-corrected chi connectivity index (χ0v) is 21.9. The van der Waals surface area contributed by atoms with Crippen molar-refractivity contribution in [3.8, 4) is 22.5 Å². The average molecular weight is 524 g/mol. The highest BCUT2D eigenvalue weighted by Gasteiger charge is 2.22. The number of hydrogen-bond acceptors (Lipinski definition) is 4. The second kappa shape index (κ2) is 8.44. The van der Waals surface area contributed by atoms with Crippen LogP contribution >= 0.6 is 0 Å². The molecule has 0 aliphatic heterocycles. The average Bonchev–Trinajstić information content (AvgIpc) is 3.44. The fraction of sp³-hybridized carbons (Fsp3) is 0. The lowest BCUT2D eigenvalue weighted by molar-refractivity contribution is 0.670. The first-order valence-corrected chi connectivity index (χ1v) is 13.7. The molecule has 0 atom stereocenters. The maximum absolute atomic E-state index is 6.66. The molecule has 4 aromatic heterocycles. The molecule has 0 N–H and O–H groups in total. The van der Waals surface area contributed by atoms with Crippen LogP contribution in [0, 0.1) is 0 Å². The van der Waals surface area contributed by atoms with Crippen molar-refractivity contribution in [1.29, 1.82) is 0 Å². The van der Waals surface area contributed by atoms with E-state index in [1.165, 1.54) is 0 Å². The van der Waals surface area contributed by atoms with Crippen molar-refractivity contribution >= 4 is 65.4 Å². The number of rotatable bonds is 2. The summed E-state index contributed by atoms with van der Waals surface area (Å²) in [5.41, 5.74) is 8.21. The van der Waals surface area contributed by atoms with E-state index in [1.54, 1.807) is 0 Å². The van der Waals surface area contributed by atoms with Crippen LogP contribution in [0.2, 0.25) is 0 Å². The number of pyridine rings is 3. The Morgan fingerprint density at radius 1 is 0.537 bits per heavy atom. The SMILES string of the molecule is c1ccc(-c2nc3ccccc3c3c2cc(-c2ccc4ccc5cccnc5c4n2)c2oc4ccccc4c23)cc1. The normalized spacial score (nSPS) is 11.9. The third-order valence-electron chi connectivity index (χ3n) is 8.06. The molecule has 0 unspecified atom stereocenters. The van der Waals surface area contributed by atoms with E-state index in [0.717, 1.165) is 87.9 Å². The molecule has 4 heteroatoms. The van der Waals surface area contributed by atoms with Gasteiger partial charge < -0.3 is 4.42 Å². The molecule has 9 aromatic rings. The van der Waals surface area contributed by atoms with Crippen LogP contribution in [0.4, 0.5) is 0 Å². The van der Waals surface area contributed by atoms with Gasteiger partial charge in [0.2, 0.25) is 0 Å². The van der Waals surface area contributed by atoms with Crippen LogP contribution < -0.4 is 0 Å². The van der Waals surface area contributed by atoms with Crippen LogP contribution in [0.1, 0.15) is 0 Å². The van der Waals surface area contributed by atoms with Crippen LogP contribution in [0.15, 0.2) is 132 Å². The zero-order chi connectivity index (χ0) is 26.9. The largest absolute Gasteiger partial charge is 0.455 e. The standard InChI is InChI=1S/C37H21N3O/c1-2-9-22(10-3-1)34-28-21-27(30-19-18-24-17-16-23-11-8-20-38-35(23)36(24)40-30)37-33(26-13-5-7-15-31(26)41-37)32(28)25-12-4-6-14-29(25)39-34/h1-21H. The van der Waals surface area contributed by atoms with Gasteiger partial charge in [0.1, 0.15) is 11.2 Å². The van der Waals surface area contributed by atoms with Crippen molar-refractivity contribution in [2.24, 2.45) is 0 Å². The number of benzene rings is 5. The van der Waals surface area contributed by atoms with Crippen LogP contribution in [-0.2, 0) is 0 Å². The van der Waals surface area contributed by atoms with E-state index < -0.39 is 0 Å². The molecule has 41 heavy (non-hydrogen) atoms. The lowest BCUT2D eigenvalue weighted by atomic mass is 9.93. The molecule has 0 aliphatic carbocycles. The van der Waals surface area contributed by atoms with Crippen molar-refractivity contribution in [1.82, 2.24) is 15.0 Å². The first kappa shape index (κ1) is 22.2. The Kier molecular flexibility index (Phi) is 4.58.